The third-order valence-corrected chi connectivity index (χ3v) is 4.20. The quantitative estimate of drug-likeness (QED) is 0.750. The van der Waals surface area contributed by atoms with Gasteiger partial charge in [0.05, 0.1) is 17.3 Å². The summed E-state index contributed by atoms with van der Waals surface area (Å²) in [5.74, 6) is 0.882. The van der Waals surface area contributed by atoms with E-state index in [9.17, 15) is 4.79 Å². The van der Waals surface area contributed by atoms with E-state index in [1.165, 1.54) is 32.1 Å². The molecule has 1 fully saturated rings. The lowest BCUT2D eigenvalue weighted by molar-refractivity contribution is -0.115. The van der Waals surface area contributed by atoms with Crippen molar-refractivity contribution < 1.29 is 4.79 Å². The highest BCUT2D eigenvalue weighted by Gasteiger charge is 2.13. The third kappa shape index (κ3) is 5.14. The Hall–Kier alpha value is -1.06. The van der Waals surface area contributed by atoms with Crippen molar-refractivity contribution in [3.05, 3.63) is 29.3 Å². The number of amides is 1. The molecule has 0 radical (unpaired) electrons. The summed E-state index contributed by atoms with van der Waals surface area (Å²) in [5, 5.41) is 6.57. The highest BCUT2D eigenvalue weighted by molar-refractivity contribution is 6.33. The van der Waals surface area contributed by atoms with E-state index in [2.05, 4.69) is 10.6 Å². The van der Waals surface area contributed by atoms with Crippen LogP contribution in [0, 0.1) is 5.92 Å². The fourth-order valence-electron chi connectivity index (χ4n) is 2.77. The third-order valence-electron chi connectivity index (χ3n) is 3.87. The Balaban J connectivity index is 1.57. The normalized spacial score (nSPS) is 15.4. The summed E-state index contributed by atoms with van der Waals surface area (Å²) in [7, 11) is 0. The Kier molecular flexibility index (Phi) is 6.34. The second-order valence-electron chi connectivity index (χ2n) is 5.50. The molecule has 0 bridgehead atoms. The molecular formula is C16H23ClN2O. The van der Waals surface area contributed by atoms with Crippen molar-refractivity contribution in [2.75, 3.05) is 18.4 Å². The summed E-state index contributed by atoms with van der Waals surface area (Å²) < 4.78 is 0. The zero-order valence-corrected chi connectivity index (χ0v) is 12.6. The summed E-state index contributed by atoms with van der Waals surface area (Å²) in [6.45, 7) is 1.25. The van der Waals surface area contributed by atoms with E-state index in [-0.39, 0.29) is 5.91 Å². The molecule has 110 valence electrons. The predicted molar refractivity (Wildman–Crippen MR) is 84.1 cm³/mol. The van der Waals surface area contributed by atoms with E-state index in [1.54, 1.807) is 12.1 Å². The Bertz CT molecular complexity index is 430. The maximum atomic E-state index is 11.8. The molecule has 0 saturated heterocycles. The van der Waals surface area contributed by atoms with Crippen LogP contribution in [0.2, 0.25) is 5.02 Å². The van der Waals surface area contributed by atoms with Gasteiger partial charge in [-0.3, -0.25) is 4.79 Å². The number of hydrogen-bond acceptors (Lipinski definition) is 2. The maximum absolute atomic E-state index is 11.8. The van der Waals surface area contributed by atoms with Crippen LogP contribution >= 0.6 is 11.6 Å². The summed E-state index contributed by atoms with van der Waals surface area (Å²) in [6, 6.07) is 7.28. The number of halogens is 1. The van der Waals surface area contributed by atoms with E-state index in [4.69, 9.17) is 11.6 Å². The Morgan fingerprint density at radius 1 is 1.25 bits per heavy atom. The van der Waals surface area contributed by atoms with Crippen molar-refractivity contribution in [1.29, 1.82) is 0 Å². The highest BCUT2D eigenvalue weighted by Crippen LogP contribution is 2.28. The monoisotopic (exact) mass is 294 g/mol. The molecule has 1 aromatic carbocycles. The van der Waals surface area contributed by atoms with Crippen molar-refractivity contribution in [3.63, 3.8) is 0 Å². The second-order valence-corrected chi connectivity index (χ2v) is 5.90. The first kappa shape index (κ1) is 15.3. The van der Waals surface area contributed by atoms with Gasteiger partial charge in [0.15, 0.2) is 0 Å². The summed E-state index contributed by atoms with van der Waals surface area (Å²) in [4.78, 5) is 11.8. The fraction of sp³-hybridized carbons (Fsp3) is 0.562. The molecule has 0 aromatic heterocycles. The van der Waals surface area contributed by atoms with Crippen LogP contribution in [0.15, 0.2) is 24.3 Å². The van der Waals surface area contributed by atoms with E-state index < -0.39 is 0 Å². The predicted octanol–water partition coefficient (Wildman–Crippen LogP) is 3.84. The van der Waals surface area contributed by atoms with Gasteiger partial charge in [-0.1, -0.05) is 49.4 Å². The average molecular weight is 295 g/mol. The minimum atomic E-state index is -0.0426. The Labute approximate surface area is 126 Å². The Morgan fingerprint density at radius 3 is 2.75 bits per heavy atom. The number of anilines is 1. The zero-order chi connectivity index (χ0) is 14.2. The fourth-order valence-corrected chi connectivity index (χ4v) is 2.96. The number of benzene rings is 1. The van der Waals surface area contributed by atoms with Gasteiger partial charge < -0.3 is 10.6 Å². The van der Waals surface area contributed by atoms with Crippen molar-refractivity contribution in [2.24, 2.45) is 5.92 Å². The molecule has 0 aliphatic heterocycles. The van der Waals surface area contributed by atoms with E-state index in [1.807, 2.05) is 12.1 Å². The van der Waals surface area contributed by atoms with Gasteiger partial charge in [0.25, 0.3) is 0 Å². The molecule has 3 nitrogen and oxygen atoms in total. The van der Waals surface area contributed by atoms with Crippen LogP contribution in [0.5, 0.6) is 0 Å². The molecule has 1 amide bonds. The van der Waals surface area contributed by atoms with Gasteiger partial charge >= 0.3 is 0 Å². The van der Waals surface area contributed by atoms with Crippen LogP contribution in [0.25, 0.3) is 0 Å². The molecule has 0 atom stereocenters. The van der Waals surface area contributed by atoms with Crippen molar-refractivity contribution in [3.8, 4) is 0 Å². The lowest BCUT2D eigenvalue weighted by atomic mass is 10.0. The van der Waals surface area contributed by atoms with Crippen LogP contribution in [-0.2, 0) is 4.79 Å². The van der Waals surface area contributed by atoms with E-state index in [0.29, 0.717) is 17.3 Å². The van der Waals surface area contributed by atoms with Crippen molar-refractivity contribution in [2.45, 2.75) is 38.5 Å². The van der Waals surface area contributed by atoms with Gasteiger partial charge in [0, 0.05) is 0 Å². The standard InChI is InChI=1S/C16H23ClN2O/c17-14-9-3-4-10-15(14)19-16(20)12-18-11-5-8-13-6-1-2-7-13/h3-4,9-10,13,18H,1-2,5-8,11-12H2,(H,19,20). The maximum Gasteiger partial charge on any atom is 0.238 e. The van der Waals surface area contributed by atoms with Gasteiger partial charge in [-0.25, -0.2) is 0 Å². The van der Waals surface area contributed by atoms with Gasteiger partial charge in [-0.2, -0.15) is 0 Å². The molecule has 0 unspecified atom stereocenters. The smallest absolute Gasteiger partial charge is 0.238 e. The largest absolute Gasteiger partial charge is 0.324 e. The molecule has 2 N–H and O–H groups in total. The molecule has 1 aliphatic carbocycles. The molecule has 20 heavy (non-hydrogen) atoms. The number of carbonyl (C=O) groups excluding carboxylic acids is 1. The van der Waals surface area contributed by atoms with Crippen LogP contribution < -0.4 is 10.6 Å². The number of rotatable bonds is 7. The molecular weight excluding hydrogens is 272 g/mol. The minimum Gasteiger partial charge on any atom is -0.324 e. The molecule has 4 heteroatoms. The number of carbonyl (C=O) groups is 1. The lowest BCUT2D eigenvalue weighted by Gasteiger charge is -2.10. The second kappa shape index (κ2) is 8.28. The Morgan fingerprint density at radius 2 is 2.00 bits per heavy atom. The first-order valence-corrected chi connectivity index (χ1v) is 7.88. The average Bonchev–Trinajstić information content (AvgIpc) is 2.94. The molecule has 2 rings (SSSR count). The van der Waals surface area contributed by atoms with Crippen LogP contribution in [0.1, 0.15) is 38.5 Å². The van der Waals surface area contributed by atoms with E-state index in [0.717, 1.165) is 18.9 Å². The van der Waals surface area contributed by atoms with Gasteiger partial charge in [-0.15, -0.1) is 0 Å². The first-order valence-electron chi connectivity index (χ1n) is 7.51. The molecule has 0 heterocycles. The molecule has 1 aromatic rings. The van der Waals surface area contributed by atoms with E-state index >= 15 is 0 Å². The molecule has 1 aliphatic rings. The number of para-hydroxylation sites is 1. The summed E-state index contributed by atoms with van der Waals surface area (Å²) in [5.41, 5.74) is 0.673. The zero-order valence-electron chi connectivity index (χ0n) is 11.8. The van der Waals surface area contributed by atoms with Crippen LogP contribution in [0.3, 0.4) is 0 Å². The van der Waals surface area contributed by atoms with Gasteiger partial charge in [0.2, 0.25) is 5.91 Å². The van der Waals surface area contributed by atoms with Crippen LogP contribution in [0.4, 0.5) is 5.69 Å². The summed E-state index contributed by atoms with van der Waals surface area (Å²) >= 11 is 5.99. The lowest BCUT2D eigenvalue weighted by Crippen LogP contribution is -2.29. The number of hydrogen-bond donors (Lipinski definition) is 2. The van der Waals surface area contributed by atoms with Gasteiger partial charge in [-0.05, 0) is 37.4 Å². The first-order chi connectivity index (χ1) is 9.75. The van der Waals surface area contributed by atoms with Crippen LogP contribution in [-0.4, -0.2) is 19.0 Å². The summed E-state index contributed by atoms with van der Waals surface area (Å²) in [6.07, 6.45) is 8.04. The highest BCUT2D eigenvalue weighted by atomic mass is 35.5. The van der Waals surface area contributed by atoms with Crippen molar-refractivity contribution in [1.82, 2.24) is 5.32 Å². The number of nitrogens with one attached hydrogen (secondary N) is 2. The topological polar surface area (TPSA) is 41.1 Å². The van der Waals surface area contributed by atoms with Crippen molar-refractivity contribution >= 4 is 23.2 Å². The van der Waals surface area contributed by atoms with Gasteiger partial charge in [0.1, 0.15) is 0 Å². The molecule has 1 saturated carbocycles. The molecule has 0 spiro atoms. The minimum absolute atomic E-state index is 0.0426. The SMILES string of the molecule is O=C(CNCCCC1CCCC1)Nc1ccccc1Cl.